The van der Waals surface area contributed by atoms with Crippen molar-refractivity contribution in [1.82, 2.24) is 14.9 Å². The van der Waals surface area contributed by atoms with Crippen molar-refractivity contribution in [3.8, 4) is 0 Å². The summed E-state index contributed by atoms with van der Waals surface area (Å²) in [6.07, 6.45) is 0. The maximum Gasteiger partial charge on any atom is 0.129 e. The lowest BCUT2D eigenvalue weighted by molar-refractivity contribution is 0.407. The van der Waals surface area contributed by atoms with Gasteiger partial charge in [0.2, 0.25) is 0 Å². The molecule has 1 N–H and O–H groups in total. The topological polar surface area (TPSA) is 29.9 Å². The van der Waals surface area contributed by atoms with Crippen LogP contribution in [-0.4, -0.2) is 16.6 Å². The Hall–Kier alpha value is -1.06. The van der Waals surface area contributed by atoms with Gasteiger partial charge in [-0.25, -0.2) is 4.98 Å². The molecule has 4 heteroatoms. The van der Waals surface area contributed by atoms with Crippen molar-refractivity contribution in [1.29, 1.82) is 0 Å². The fourth-order valence-electron chi connectivity index (χ4n) is 1.83. The summed E-state index contributed by atoms with van der Waals surface area (Å²) in [4.78, 5) is 4.64. The molecule has 0 fully saturated rings. The quantitative estimate of drug-likeness (QED) is 0.871. The standard InChI is InChI=1S/C12H16ClN3/c1-12(2,14-3)11-15-9-6-5-8(13)7-10(9)16(11)4/h5-7,14H,1-4H3. The predicted octanol–water partition coefficient (Wildman–Crippen LogP) is 2.68. The van der Waals surface area contributed by atoms with E-state index in [4.69, 9.17) is 11.6 Å². The minimum atomic E-state index is -0.153. The van der Waals surface area contributed by atoms with Crippen molar-refractivity contribution in [3.05, 3.63) is 29.0 Å². The average molecular weight is 238 g/mol. The van der Waals surface area contributed by atoms with Crippen LogP contribution in [0.15, 0.2) is 18.2 Å². The number of hydrogen-bond donors (Lipinski definition) is 1. The molecule has 0 unspecified atom stereocenters. The summed E-state index contributed by atoms with van der Waals surface area (Å²) in [6.45, 7) is 4.21. The van der Waals surface area contributed by atoms with Crippen molar-refractivity contribution in [3.63, 3.8) is 0 Å². The number of hydrogen-bond acceptors (Lipinski definition) is 2. The molecular weight excluding hydrogens is 222 g/mol. The van der Waals surface area contributed by atoms with E-state index >= 15 is 0 Å². The molecule has 86 valence electrons. The molecule has 3 nitrogen and oxygen atoms in total. The fourth-order valence-corrected chi connectivity index (χ4v) is 2.00. The van der Waals surface area contributed by atoms with Gasteiger partial charge in [0.05, 0.1) is 16.6 Å². The van der Waals surface area contributed by atoms with Crippen LogP contribution >= 0.6 is 11.6 Å². The number of nitrogens with one attached hydrogen (secondary N) is 1. The highest BCUT2D eigenvalue weighted by Gasteiger charge is 2.24. The maximum absolute atomic E-state index is 5.99. The Morgan fingerprint density at radius 1 is 1.38 bits per heavy atom. The van der Waals surface area contributed by atoms with Crippen LogP contribution in [0, 0.1) is 0 Å². The molecule has 0 spiro atoms. The molecule has 0 aliphatic heterocycles. The molecule has 0 aliphatic rings. The molecule has 0 aliphatic carbocycles. The summed E-state index contributed by atoms with van der Waals surface area (Å²) >= 11 is 5.99. The Bertz CT molecular complexity index is 528. The lowest BCUT2D eigenvalue weighted by Crippen LogP contribution is -2.35. The number of rotatable bonds is 2. The molecule has 2 aromatic rings. The highest BCUT2D eigenvalue weighted by atomic mass is 35.5. The zero-order valence-corrected chi connectivity index (χ0v) is 10.8. The van der Waals surface area contributed by atoms with Gasteiger partial charge in [0.25, 0.3) is 0 Å². The zero-order valence-electron chi connectivity index (χ0n) is 10.0. The minimum absolute atomic E-state index is 0.153. The number of halogens is 1. The molecular formula is C12H16ClN3. The second-order valence-corrected chi connectivity index (χ2v) is 4.94. The second kappa shape index (κ2) is 3.75. The van der Waals surface area contributed by atoms with E-state index in [0.717, 1.165) is 21.9 Å². The highest BCUT2D eigenvalue weighted by Crippen LogP contribution is 2.25. The van der Waals surface area contributed by atoms with Gasteiger partial charge in [-0.2, -0.15) is 0 Å². The summed E-state index contributed by atoms with van der Waals surface area (Å²) < 4.78 is 2.08. The monoisotopic (exact) mass is 237 g/mol. The lowest BCUT2D eigenvalue weighted by atomic mass is 10.1. The normalized spacial score (nSPS) is 12.3. The van der Waals surface area contributed by atoms with Crippen LogP contribution in [0.1, 0.15) is 19.7 Å². The number of nitrogens with zero attached hydrogens (tertiary/aromatic N) is 2. The summed E-state index contributed by atoms with van der Waals surface area (Å²) in [5.74, 6) is 1.01. The third-order valence-corrected chi connectivity index (χ3v) is 3.26. The van der Waals surface area contributed by atoms with Crippen molar-refractivity contribution >= 4 is 22.6 Å². The first-order valence-electron chi connectivity index (χ1n) is 5.27. The molecule has 2 rings (SSSR count). The number of aromatic nitrogens is 2. The van der Waals surface area contributed by atoms with E-state index < -0.39 is 0 Å². The molecule has 1 heterocycles. The molecule has 0 radical (unpaired) electrons. The SMILES string of the molecule is CNC(C)(C)c1nc2ccc(Cl)cc2n1C. The third-order valence-electron chi connectivity index (χ3n) is 3.03. The Morgan fingerprint density at radius 2 is 2.06 bits per heavy atom. The van der Waals surface area contributed by atoms with Gasteiger partial charge in [-0.1, -0.05) is 11.6 Å². The van der Waals surface area contributed by atoms with Gasteiger partial charge in [0.1, 0.15) is 5.82 Å². The van der Waals surface area contributed by atoms with Gasteiger partial charge in [-0.15, -0.1) is 0 Å². The van der Waals surface area contributed by atoms with Gasteiger partial charge >= 0.3 is 0 Å². The number of aryl methyl sites for hydroxylation is 1. The Kier molecular flexibility index (Phi) is 2.68. The average Bonchev–Trinajstić information content (AvgIpc) is 2.57. The van der Waals surface area contributed by atoms with Crippen LogP contribution in [-0.2, 0) is 12.6 Å². The van der Waals surface area contributed by atoms with Crippen LogP contribution in [0.3, 0.4) is 0 Å². The van der Waals surface area contributed by atoms with Crippen LogP contribution in [0.25, 0.3) is 11.0 Å². The largest absolute Gasteiger partial charge is 0.330 e. The van der Waals surface area contributed by atoms with Crippen LogP contribution in [0.4, 0.5) is 0 Å². The van der Waals surface area contributed by atoms with Gasteiger partial charge < -0.3 is 9.88 Å². The van der Waals surface area contributed by atoms with E-state index in [9.17, 15) is 0 Å². The maximum atomic E-state index is 5.99. The first kappa shape index (κ1) is 11.4. The number of fused-ring (bicyclic) bond motifs is 1. The Balaban J connectivity index is 2.70. The lowest BCUT2D eigenvalue weighted by Gasteiger charge is -2.23. The van der Waals surface area contributed by atoms with Crippen molar-refractivity contribution < 1.29 is 0 Å². The molecule has 1 aromatic carbocycles. The van der Waals surface area contributed by atoms with Crippen molar-refractivity contribution in [2.75, 3.05) is 7.05 Å². The summed E-state index contributed by atoms with van der Waals surface area (Å²) in [7, 11) is 3.95. The van der Waals surface area contributed by atoms with E-state index in [0.29, 0.717) is 0 Å². The molecule has 0 bridgehead atoms. The van der Waals surface area contributed by atoms with Crippen molar-refractivity contribution in [2.24, 2.45) is 7.05 Å². The second-order valence-electron chi connectivity index (χ2n) is 4.50. The fraction of sp³-hybridized carbons (Fsp3) is 0.417. The van der Waals surface area contributed by atoms with Crippen LogP contribution < -0.4 is 5.32 Å². The van der Waals surface area contributed by atoms with Gasteiger partial charge in [-0.05, 0) is 39.1 Å². The molecule has 16 heavy (non-hydrogen) atoms. The summed E-state index contributed by atoms with van der Waals surface area (Å²) in [5.41, 5.74) is 1.89. The summed E-state index contributed by atoms with van der Waals surface area (Å²) in [5, 5.41) is 4.00. The van der Waals surface area contributed by atoms with E-state index in [1.165, 1.54) is 0 Å². The minimum Gasteiger partial charge on any atom is -0.330 e. The molecule has 0 amide bonds. The molecule has 0 saturated carbocycles. The van der Waals surface area contributed by atoms with Crippen LogP contribution in [0.5, 0.6) is 0 Å². The Morgan fingerprint density at radius 3 is 2.69 bits per heavy atom. The van der Waals surface area contributed by atoms with E-state index in [2.05, 4.69) is 28.7 Å². The smallest absolute Gasteiger partial charge is 0.129 e. The third kappa shape index (κ3) is 1.70. The Labute approximate surface area is 100 Å². The molecule has 0 atom stereocenters. The highest BCUT2D eigenvalue weighted by molar-refractivity contribution is 6.31. The van der Waals surface area contributed by atoms with Gasteiger partial charge in [0.15, 0.2) is 0 Å². The van der Waals surface area contributed by atoms with Crippen molar-refractivity contribution in [2.45, 2.75) is 19.4 Å². The first-order chi connectivity index (χ1) is 7.45. The number of benzene rings is 1. The molecule has 0 saturated heterocycles. The zero-order chi connectivity index (χ0) is 11.9. The number of imidazole rings is 1. The van der Waals surface area contributed by atoms with Gasteiger partial charge in [0, 0.05) is 12.1 Å². The summed E-state index contributed by atoms with van der Waals surface area (Å²) in [6, 6.07) is 5.76. The predicted molar refractivity (Wildman–Crippen MR) is 67.8 cm³/mol. The van der Waals surface area contributed by atoms with Gasteiger partial charge in [-0.3, -0.25) is 0 Å². The van der Waals surface area contributed by atoms with E-state index in [-0.39, 0.29) is 5.54 Å². The van der Waals surface area contributed by atoms with E-state index in [1.54, 1.807) is 0 Å². The first-order valence-corrected chi connectivity index (χ1v) is 5.65. The van der Waals surface area contributed by atoms with Crippen LogP contribution in [0.2, 0.25) is 5.02 Å². The van der Waals surface area contributed by atoms with E-state index in [1.807, 2.05) is 32.3 Å². The molecule has 1 aromatic heterocycles.